The molecular weight excluding hydrogens is 359 g/mol. The second-order valence-corrected chi connectivity index (χ2v) is 8.81. The van der Waals surface area contributed by atoms with Crippen LogP contribution in [0.3, 0.4) is 0 Å². The van der Waals surface area contributed by atoms with Crippen molar-refractivity contribution < 1.29 is 18.7 Å². The highest BCUT2D eigenvalue weighted by Gasteiger charge is 2.41. The number of ether oxygens (including phenoxy) is 2. The predicted octanol–water partition coefficient (Wildman–Crippen LogP) is 3.76. The van der Waals surface area contributed by atoms with Crippen LogP contribution in [-0.2, 0) is 15.9 Å². The molecule has 1 aromatic carbocycles. The minimum Gasteiger partial charge on any atom is -0.444 e. The largest absolute Gasteiger partial charge is 0.444 e. The molecule has 3 rings (SSSR count). The van der Waals surface area contributed by atoms with Crippen molar-refractivity contribution in [2.75, 3.05) is 26.3 Å². The highest BCUT2D eigenvalue weighted by Crippen LogP contribution is 2.31. The van der Waals surface area contributed by atoms with E-state index in [0.29, 0.717) is 26.2 Å². The second kappa shape index (κ2) is 9.23. The highest BCUT2D eigenvalue weighted by atomic mass is 19.1. The molecule has 0 spiro atoms. The van der Waals surface area contributed by atoms with Gasteiger partial charge in [0.1, 0.15) is 11.4 Å². The van der Waals surface area contributed by atoms with Crippen LogP contribution in [0.5, 0.6) is 0 Å². The van der Waals surface area contributed by atoms with Crippen molar-refractivity contribution in [1.29, 1.82) is 0 Å². The molecule has 156 valence electrons. The molecular formula is C22H33FN2O3. The second-order valence-electron chi connectivity index (χ2n) is 8.81. The van der Waals surface area contributed by atoms with Gasteiger partial charge in [-0.25, -0.2) is 9.18 Å². The number of halogens is 1. The molecule has 2 fully saturated rings. The van der Waals surface area contributed by atoms with Crippen LogP contribution in [-0.4, -0.2) is 55.0 Å². The van der Waals surface area contributed by atoms with E-state index in [4.69, 9.17) is 9.47 Å². The van der Waals surface area contributed by atoms with Gasteiger partial charge in [0.25, 0.3) is 0 Å². The lowest BCUT2D eigenvalue weighted by Crippen LogP contribution is -2.53. The minimum atomic E-state index is -0.495. The number of carbonyl (C=O) groups is 1. The summed E-state index contributed by atoms with van der Waals surface area (Å²) >= 11 is 0. The van der Waals surface area contributed by atoms with Crippen LogP contribution in [0, 0.1) is 11.7 Å². The van der Waals surface area contributed by atoms with E-state index >= 15 is 0 Å². The normalized spacial score (nSPS) is 25.7. The lowest BCUT2D eigenvalue weighted by molar-refractivity contribution is -0.0164. The summed E-state index contributed by atoms with van der Waals surface area (Å²) in [5, 5.41) is 3.61. The molecule has 0 aliphatic carbocycles. The number of nitrogens with zero attached hydrogens (tertiary/aromatic N) is 1. The van der Waals surface area contributed by atoms with E-state index in [1.165, 1.54) is 6.07 Å². The van der Waals surface area contributed by atoms with Crippen molar-refractivity contribution in [3.8, 4) is 0 Å². The molecule has 1 amide bonds. The topological polar surface area (TPSA) is 50.8 Å². The maximum Gasteiger partial charge on any atom is 0.410 e. The van der Waals surface area contributed by atoms with Gasteiger partial charge in [-0.3, -0.25) is 0 Å². The van der Waals surface area contributed by atoms with E-state index in [1.807, 2.05) is 37.8 Å². The molecule has 0 saturated carbocycles. The van der Waals surface area contributed by atoms with Gasteiger partial charge < -0.3 is 19.7 Å². The monoisotopic (exact) mass is 392 g/mol. The number of carbonyl (C=O) groups excluding carboxylic acids is 1. The van der Waals surface area contributed by atoms with Crippen molar-refractivity contribution >= 4 is 6.09 Å². The molecule has 0 radical (unpaired) electrons. The van der Waals surface area contributed by atoms with Crippen LogP contribution in [0.2, 0.25) is 0 Å². The maximum absolute atomic E-state index is 13.8. The molecule has 0 unspecified atom stereocenters. The first-order valence-corrected chi connectivity index (χ1v) is 10.4. The van der Waals surface area contributed by atoms with E-state index < -0.39 is 5.60 Å². The molecule has 28 heavy (non-hydrogen) atoms. The Balaban J connectivity index is 1.60. The SMILES string of the molecule is CC(C)(C)OC(=O)N1CCC[C@@H]1[C@@H]1COCC[C@@H]1NCCc1ccccc1F. The Bertz CT molecular complexity index is 661. The third-order valence-electron chi connectivity index (χ3n) is 5.58. The smallest absolute Gasteiger partial charge is 0.410 e. The summed E-state index contributed by atoms with van der Waals surface area (Å²) in [4.78, 5) is 14.5. The number of hydrogen-bond donors (Lipinski definition) is 1. The van der Waals surface area contributed by atoms with Crippen molar-refractivity contribution in [3.05, 3.63) is 35.6 Å². The fourth-order valence-electron chi connectivity index (χ4n) is 4.27. The Kier molecular flexibility index (Phi) is 6.94. The van der Waals surface area contributed by atoms with Crippen LogP contribution in [0.1, 0.15) is 45.6 Å². The third-order valence-corrected chi connectivity index (χ3v) is 5.58. The Morgan fingerprint density at radius 1 is 1.32 bits per heavy atom. The van der Waals surface area contributed by atoms with E-state index in [9.17, 15) is 9.18 Å². The zero-order chi connectivity index (χ0) is 20.1. The van der Waals surface area contributed by atoms with Crippen LogP contribution in [0.15, 0.2) is 24.3 Å². The minimum absolute atomic E-state index is 0.126. The molecule has 2 heterocycles. The van der Waals surface area contributed by atoms with Gasteiger partial charge in [0.15, 0.2) is 0 Å². The fraction of sp³-hybridized carbons (Fsp3) is 0.682. The van der Waals surface area contributed by atoms with Crippen LogP contribution < -0.4 is 5.32 Å². The lowest BCUT2D eigenvalue weighted by Gasteiger charge is -2.40. The quantitative estimate of drug-likeness (QED) is 0.829. The fourth-order valence-corrected chi connectivity index (χ4v) is 4.27. The maximum atomic E-state index is 13.8. The molecule has 2 aliphatic heterocycles. The molecule has 1 N–H and O–H groups in total. The van der Waals surface area contributed by atoms with Gasteiger partial charge in [0, 0.05) is 31.2 Å². The average Bonchev–Trinajstić information content (AvgIpc) is 3.12. The van der Waals surface area contributed by atoms with Crippen molar-refractivity contribution in [2.45, 2.75) is 64.1 Å². The number of likely N-dealkylation sites (tertiary alicyclic amines) is 1. The standard InChI is InChI=1S/C22H33FN2O3/c1-22(2,3)28-21(26)25-13-6-9-20(25)17-15-27-14-11-19(17)24-12-10-16-7-4-5-8-18(16)23/h4-5,7-8,17,19-20,24H,6,9-15H2,1-3H3/t17-,19+,20-/m1/s1. The summed E-state index contributed by atoms with van der Waals surface area (Å²) in [6.07, 6.45) is 3.28. The van der Waals surface area contributed by atoms with E-state index in [2.05, 4.69) is 5.32 Å². The molecule has 2 aliphatic rings. The van der Waals surface area contributed by atoms with Gasteiger partial charge in [0.2, 0.25) is 0 Å². The first-order chi connectivity index (χ1) is 13.3. The summed E-state index contributed by atoms with van der Waals surface area (Å²) in [6, 6.07) is 7.30. The summed E-state index contributed by atoms with van der Waals surface area (Å²) < 4.78 is 25.2. The molecule has 2 saturated heterocycles. The van der Waals surface area contributed by atoms with E-state index in [1.54, 1.807) is 6.07 Å². The Hall–Kier alpha value is -1.66. The molecule has 5 nitrogen and oxygen atoms in total. The van der Waals surface area contributed by atoms with Gasteiger partial charge in [-0.1, -0.05) is 18.2 Å². The molecule has 6 heteroatoms. The number of hydrogen-bond acceptors (Lipinski definition) is 4. The van der Waals surface area contributed by atoms with Gasteiger partial charge in [-0.2, -0.15) is 0 Å². The van der Waals surface area contributed by atoms with Crippen LogP contribution in [0.4, 0.5) is 9.18 Å². The number of nitrogens with one attached hydrogen (secondary N) is 1. The Morgan fingerprint density at radius 2 is 2.11 bits per heavy atom. The Labute approximate surface area is 167 Å². The lowest BCUT2D eigenvalue weighted by atomic mass is 9.87. The summed E-state index contributed by atoms with van der Waals surface area (Å²) in [5.74, 6) is 0.0732. The zero-order valence-electron chi connectivity index (χ0n) is 17.2. The molecule has 3 atom stereocenters. The van der Waals surface area contributed by atoms with Crippen molar-refractivity contribution in [2.24, 2.45) is 5.92 Å². The number of amides is 1. The average molecular weight is 393 g/mol. The van der Waals surface area contributed by atoms with Crippen LogP contribution >= 0.6 is 0 Å². The summed E-state index contributed by atoms with van der Waals surface area (Å²) in [6.45, 7) is 8.49. The van der Waals surface area contributed by atoms with E-state index in [-0.39, 0.29) is 29.9 Å². The van der Waals surface area contributed by atoms with Gasteiger partial charge in [-0.05, 0) is 64.6 Å². The van der Waals surface area contributed by atoms with E-state index in [0.717, 1.165) is 31.4 Å². The predicted molar refractivity (Wildman–Crippen MR) is 107 cm³/mol. The molecule has 0 bridgehead atoms. The van der Waals surface area contributed by atoms with Gasteiger partial charge in [-0.15, -0.1) is 0 Å². The number of benzene rings is 1. The number of rotatable bonds is 5. The summed E-state index contributed by atoms with van der Waals surface area (Å²) in [5.41, 5.74) is 0.236. The Morgan fingerprint density at radius 3 is 2.86 bits per heavy atom. The molecule has 1 aromatic rings. The first kappa shape index (κ1) is 21.1. The zero-order valence-corrected chi connectivity index (χ0v) is 17.2. The van der Waals surface area contributed by atoms with Crippen molar-refractivity contribution in [1.82, 2.24) is 10.2 Å². The van der Waals surface area contributed by atoms with Crippen molar-refractivity contribution in [3.63, 3.8) is 0 Å². The summed E-state index contributed by atoms with van der Waals surface area (Å²) in [7, 11) is 0. The molecule has 0 aromatic heterocycles. The first-order valence-electron chi connectivity index (χ1n) is 10.4. The third kappa shape index (κ3) is 5.45. The highest BCUT2D eigenvalue weighted by molar-refractivity contribution is 5.69. The van der Waals surface area contributed by atoms with Gasteiger partial charge >= 0.3 is 6.09 Å². The van der Waals surface area contributed by atoms with Crippen LogP contribution in [0.25, 0.3) is 0 Å². The van der Waals surface area contributed by atoms with Gasteiger partial charge in [0.05, 0.1) is 6.61 Å².